The number of hydrogen-bond donors (Lipinski definition) is 2. The van der Waals surface area contributed by atoms with Crippen LogP contribution in [0.1, 0.15) is 67.1 Å². The molecule has 5 rings (SSSR count). The Balaban J connectivity index is 1.50. The van der Waals surface area contributed by atoms with Crippen LogP contribution in [-0.2, 0) is 11.3 Å². The fourth-order valence-electron chi connectivity index (χ4n) is 4.86. The lowest BCUT2D eigenvalue weighted by molar-refractivity contribution is -0.126. The molecule has 0 radical (unpaired) electrons. The van der Waals surface area contributed by atoms with Crippen LogP contribution < -0.4 is 10.9 Å². The summed E-state index contributed by atoms with van der Waals surface area (Å²) in [5.41, 5.74) is 0.975. The van der Waals surface area contributed by atoms with E-state index >= 15 is 0 Å². The van der Waals surface area contributed by atoms with Gasteiger partial charge >= 0.3 is 0 Å². The molecule has 2 aromatic heterocycles. The Bertz CT molecular complexity index is 1380. The van der Waals surface area contributed by atoms with Gasteiger partial charge < -0.3 is 15.3 Å². The predicted molar refractivity (Wildman–Crippen MR) is 136 cm³/mol. The first-order chi connectivity index (χ1) is 17.3. The summed E-state index contributed by atoms with van der Waals surface area (Å²) in [6, 6.07) is 10.1. The van der Waals surface area contributed by atoms with Crippen LogP contribution in [0.15, 0.2) is 47.4 Å². The van der Waals surface area contributed by atoms with Crippen molar-refractivity contribution in [3.63, 3.8) is 0 Å². The van der Waals surface area contributed by atoms with Crippen molar-refractivity contribution in [2.24, 2.45) is 5.92 Å². The van der Waals surface area contributed by atoms with Crippen LogP contribution in [0.5, 0.6) is 5.88 Å². The average molecular weight is 490 g/mol. The summed E-state index contributed by atoms with van der Waals surface area (Å²) in [5.74, 6) is -0.984. The first-order valence-corrected chi connectivity index (χ1v) is 12.5. The highest BCUT2D eigenvalue weighted by Crippen LogP contribution is 2.32. The van der Waals surface area contributed by atoms with Crippen molar-refractivity contribution < 1.29 is 14.7 Å². The highest BCUT2D eigenvalue weighted by atomic mass is 16.3. The van der Waals surface area contributed by atoms with Crippen LogP contribution >= 0.6 is 0 Å². The summed E-state index contributed by atoms with van der Waals surface area (Å²) in [6.45, 7) is 4.99. The van der Waals surface area contributed by atoms with Crippen LogP contribution in [0.3, 0.4) is 0 Å². The van der Waals surface area contributed by atoms with Gasteiger partial charge in [-0.1, -0.05) is 44.2 Å². The smallest absolute Gasteiger partial charge is 0.291 e. The Morgan fingerprint density at radius 3 is 2.64 bits per heavy atom. The van der Waals surface area contributed by atoms with Gasteiger partial charge in [-0.3, -0.25) is 19.0 Å². The molecule has 3 aromatic rings. The number of aromatic nitrogens is 3. The van der Waals surface area contributed by atoms with E-state index in [4.69, 9.17) is 0 Å². The molecule has 1 aliphatic carbocycles. The van der Waals surface area contributed by atoms with Crippen LogP contribution in [0.2, 0.25) is 0 Å². The van der Waals surface area contributed by atoms with Crippen LogP contribution in [0, 0.1) is 5.92 Å². The number of benzene rings is 1. The van der Waals surface area contributed by atoms with Gasteiger partial charge in [0.2, 0.25) is 11.8 Å². The molecule has 3 heterocycles. The van der Waals surface area contributed by atoms with Gasteiger partial charge in [0.05, 0.1) is 12.2 Å². The van der Waals surface area contributed by atoms with Crippen LogP contribution in [0.25, 0.3) is 11.7 Å². The second-order valence-electron chi connectivity index (χ2n) is 10.0. The second kappa shape index (κ2) is 9.64. The van der Waals surface area contributed by atoms with Crippen molar-refractivity contribution in [1.82, 2.24) is 24.4 Å². The van der Waals surface area contributed by atoms with Crippen molar-refractivity contribution in [1.29, 1.82) is 0 Å². The minimum atomic E-state index is -0.685. The number of carbonyl (C=O) groups excluding carboxylic acids is 2. The molecular weight excluding hydrogens is 458 g/mol. The summed E-state index contributed by atoms with van der Waals surface area (Å²) in [7, 11) is 0. The first kappa shape index (κ1) is 23.8. The maximum absolute atomic E-state index is 13.2. The van der Waals surface area contributed by atoms with Gasteiger partial charge in [0.15, 0.2) is 5.56 Å². The molecule has 2 N–H and O–H groups in total. The molecule has 9 nitrogen and oxygen atoms in total. The number of nitrogens with zero attached hydrogens (tertiary/aromatic N) is 4. The number of aromatic hydroxyl groups is 1. The topological polar surface area (TPSA) is 109 Å². The van der Waals surface area contributed by atoms with Gasteiger partial charge in [-0.2, -0.15) is 9.61 Å². The van der Waals surface area contributed by atoms with Gasteiger partial charge in [0.1, 0.15) is 5.65 Å². The summed E-state index contributed by atoms with van der Waals surface area (Å²) >= 11 is 0. The molecule has 9 heteroatoms. The minimum absolute atomic E-state index is 0.0305. The lowest BCUT2D eigenvalue weighted by atomic mass is 10.0. The van der Waals surface area contributed by atoms with E-state index in [1.165, 1.54) is 16.8 Å². The zero-order chi connectivity index (χ0) is 25.4. The molecule has 1 atom stereocenters. The number of carbonyl (C=O) groups is 2. The number of hydrogen-bond acceptors (Lipinski definition) is 5. The number of likely N-dealkylation sites (tertiary alicyclic amines) is 1. The van der Waals surface area contributed by atoms with E-state index in [0.29, 0.717) is 24.3 Å². The van der Waals surface area contributed by atoms with Crippen molar-refractivity contribution in [3.8, 4) is 5.88 Å². The molecule has 0 unspecified atom stereocenters. The Morgan fingerprint density at radius 2 is 1.94 bits per heavy atom. The maximum Gasteiger partial charge on any atom is 0.291 e. The lowest BCUT2D eigenvalue weighted by Crippen LogP contribution is -2.34. The molecule has 36 heavy (non-hydrogen) atoms. The zero-order valence-electron chi connectivity index (χ0n) is 20.6. The van der Waals surface area contributed by atoms with Gasteiger partial charge in [-0.25, -0.2) is 0 Å². The van der Waals surface area contributed by atoms with Gasteiger partial charge in [0, 0.05) is 30.8 Å². The quantitative estimate of drug-likeness (QED) is 0.496. The largest absolute Gasteiger partial charge is 0.494 e. The van der Waals surface area contributed by atoms with Gasteiger partial charge in [0.25, 0.3) is 11.5 Å². The van der Waals surface area contributed by atoms with E-state index in [0.717, 1.165) is 35.8 Å². The Kier molecular flexibility index (Phi) is 6.38. The molecule has 188 valence electrons. The fourth-order valence-corrected chi connectivity index (χ4v) is 4.86. The second-order valence-corrected chi connectivity index (χ2v) is 10.0. The number of rotatable bonds is 7. The lowest BCUT2D eigenvalue weighted by Gasteiger charge is -2.23. The van der Waals surface area contributed by atoms with Gasteiger partial charge in [-0.05, 0) is 43.2 Å². The van der Waals surface area contributed by atoms with Crippen LogP contribution in [-0.4, -0.2) is 48.6 Å². The molecule has 1 saturated heterocycles. The number of nitrogens with one attached hydrogen (secondary N) is 1. The standard InChI is InChI=1S/C27H31N5O4/c1-17(2)16-31-25-19(10-13-22(33)30-14-6-9-21(30)18-7-4-3-5-8-18)15-28-32(25)27(36)23(26(31)35)24(34)29-20-11-12-20/h3-5,7-8,10,13,15,17,20-21,35H,6,9,11-12,14,16H2,1-2H3,(H,29,34)/b13-10+/t21-/m1/s1. The van der Waals surface area contributed by atoms with Crippen molar-refractivity contribution >= 4 is 23.5 Å². The SMILES string of the molecule is CC(C)Cn1c(O)c(C(=O)NC2CC2)c(=O)n2ncc(/C=C/C(=O)N3CCC[C@@H]3c3ccccc3)c12. The molecule has 1 aromatic carbocycles. The van der Waals surface area contributed by atoms with Crippen molar-refractivity contribution in [3.05, 3.63) is 69.6 Å². The monoisotopic (exact) mass is 489 g/mol. The van der Waals surface area contributed by atoms with Crippen LogP contribution in [0.4, 0.5) is 0 Å². The summed E-state index contributed by atoms with van der Waals surface area (Å²) in [6.07, 6.45) is 8.18. The van der Waals surface area contributed by atoms with Crippen molar-refractivity contribution in [2.45, 2.75) is 58.2 Å². The molecule has 0 bridgehead atoms. The number of fused-ring (bicyclic) bond motifs is 1. The maximum atomic E-state index is 13.2. The van der Waals surface area contributed by atoms with Gasteiger partial charge in [-0.15, -0.1) is 0 Å². The number of amides is 2. The van der Waals surface area contributed by atoms with E-state index < -0.39 is 11.5 Å². The average Bonchev–Trinajstić information content (AvgIpc) is 3.36. The molecule has 2 amide bonds. The third kappa shape index (κ3) is 4.53. The third-order valence-corrected chi connectivity index (χ3v) is 6.73. The molecular formula is C27H31N5O4. The minimum Gasteiger partial charge on any atom is -0.494 e. The molecule has 2 fully saturated rings. The van der Waals surface area contributed by atoms with E-state index in [2.05, 4.69) is 10.4 Å². The van der Waals surface area contributed by atoms with E-state index in [1.807, 2.05) is 49.1 Å². The summed E-state index contributed by atoms with van der Waals surface area (Å²) < 4.78 is 2.67. The molecule has 0 spiro atoms. The predicted octanol–water partition coefficient (Wildman–Crippen LogP) is 3.13. The van der Waals surface area contributed by atoms with E-state index in [1.54, 1.807) is 6.08 Å². The summed E-state index contributed by atoms with van der Waals surface area (Å²) in [4.78, 5) is 40.9. The Hall–Kier alpha value is -3.88. The molecule has 1 aliphatic heterocycles. The zero-order valence-corrected chi connectivity index (χ0v) is 20.6. The Morgan fingerprint density at radius 1 is 1.19 bits per heavy atom. The highest BCUT2D eigenvalue weighted by molar-refractivity contribution is 5.97. The summed E-state index contributed by atoms with van der Waals surface area (Å²) in [5, 5.41) is 18.0. The van der Waals surface area contributed by atoms with Crippen molar-refractivity contribution in [2.75, 3.05) is 6.54 Å². The van der Waals surface area contributed by atoms with E-state index in [9.17, 15) is 19.5 Å². The highest BCUT2D eigenvalue weighted by Gasteiger charge is 2.31. The third-order valence-electron chi connectivity index (χ3n) is 6.73. The Labute approximate surface area is 209 Å². The fraction of sp³-hybridized carbons (Fsp3) is 0.407. The normalized spacial score (nSPS) is 18.0. The molecule has 2 aliphatic rings. The van der Waals surface area contributed by atoms with E-state index in [-0.39, 0.29) is 35.4 Å². The first-order valence-electron chi connectivity index (χ1n) is 12.5. The molecule has 1 saturated carbocycles.